The van der Waals surface area contributed by atoms with Gasteiger partial charge in [-0.05, 0) is 0 Å². The quantitative estimate of drug-likeness (QED) is 0.492. The van der Waals surface area contributed by atoms with E-state index in [-0.39, 0.29) is 27.5 Å². The molecule has 1 saturated carbocycles. The number of nitrogens with one attached hydrogen (secondary N) is 1. The van der Waals surface area contributed by atoms with Gasteiger partial charge in [-0.15, -0.1) is 0 Å². The molecule has 1 aliphatic rings. The van der Waals surface area contributed by atoms with E-state index >= 15 is 0 Å². The molecule has 22 heavy (non-hydrogen) atoms. The van der Waals surface area contributed by atoms with Gasteiger partial charge >= 0.3 is 131 Å². The van der Waals surface area contributed by atoms with Crippen LogP contribution in [0.3, 0.4) is 0 Å². The predicted molar refractivity (Wildman–Crippen MR) is 79.9 cm³/mol. The molecule has 0 aromatic carbocycles. The zero-order chi connectivity index (χ0) is 15.9. The van der Waals surface area contributed by atoms with Gasteiger partial charge in [0.25, 0.3) is 0 Å². The second kappa shape index (κ2) is 5.98. The molecule has 0 spiro atoms. The topological polar surface area (TPSA) is 116 Å². The van der Waals surface area contributed by atoms with Crippen molar-refractivity contribution < 1.29 is 15.3 Å². The van der Waals surface area contributed by atoms with Gasteiger partial charge < -0.3 is 0 Å². The fourth-order valence-electron chi connectivity index (χ4n) is 2.90. The summed E-state index contributed by atoms with van der Waals surface area (Å²) in [6, 6.07) is 3.02. The number of nitrogens with zero attached hydrogens (tertiary/aromatic N) is 1. The Kier molecular flexibility index (Phi) is 4.20. The number of aliphatic hydroxyl groups excluding tert-OH is 3. The second-order valence-corrected chi connectivity index (χ2v) is 7.40. The molecule has 1 fully saturated rings. The van der Waals surface area contributed by atoms with Gasteiger partial charge in [-0.3, -0.25) is 0 Å². The van der Waals surface area contributed by atoms with Gasteiger partial charge in [0.2, 0.25) is 0 Å². The van der Waals surface area contributed by atoms with Crippen LogP contribution in [-0.4, -0.2) is 58.2 Å². The third-order valence-corrected chi connectivity index (χ3v) is 6.01. The van der Waals surface area contributed by atoms with Crippen molar-refractivity contribution in [3.63, 3.8) is 0 Å². The Balaban J connectivity index is 2.07. The molecule has 0 unspecified atom stereocenters. The van der Waals surface area contributed by atoms with Crippen LogP contribution < -0.4 is 11.2 Å². The van der Waals surface area contributed by atoms with E-state index < -0.39 is 35.4 Å². The van der Waals surface area contributed by atoms with Gasteiger partial charge in [0, 0.05) is 0 Å². The summed E-state index contributed by atoms with van der Waals surface area (Å²) in [4.78, 5) is 28.3. The van der Waals surface area contributed by atoms with Crippen molar-refractivity contribution in [3.8, 4) is 10.0 Å². The van der Waals surface area contributed by atoms with E-state index in [4.69, 9.17) is 0 Å². The average molecular weight is 371 g/mol. The van der Waals surface area contributed by atoms with Gasteiger partial charge in [-0.2, -0.15) is 0 Å². The molecule has 1 aliphatic carbocycles. The van der Waals surface area contributed by atoms with Gasteiger partial charge in [0.05, 0.1) is 0 Å². The number of aliphatic hydroxyl groups is 3. The minimum absolute atomic E-state index is 0.0384. The second-order valence-electron chi connectivity index (χ2n) is 5.41. The number of H-pyrrole nitrogens is 1. The van der Waals surface area contributed by atoms with E-state index in [1.165, 1.54) is 10.8 Å². The summed E-state index contributed by atoms with van der Waals surface area (Å²) < 4.78 is 2.12. The first kappa shape index (κ1) is 15.5. The molecular weight excluding hydrogens is 355 g/mol. The number of hydrogen-bond donors (Lipinski definition) is 4. The molecule has 118 valence electrons. The molecule has 4 N–H and O–H groups in total. The van der Waals surface area contributed by atoms with Crippen molar-refractivity contribution in [1.82, 2.24) is 9.55 Å². The van der Waals surface area contributed by atoms with Crippen molar-refractivity contribution >= 4 is 14.5 Å². The van der Waals surface area contributed by atoms with Crippen molar-refractivity contribution in [3.05, 3.63) is 44.1 Å². The van der Waals surface area contributed by atoms with Crippen molar-refractivity contribution in [2.75, 3.05) is 6.61 Å². The molecule has 0 amide bonds. The van der Waals surface area contributed by atoms with Crippen LogP contribution in [0.1, 0.15) is 12.5 Å². The third-order valence-electron chi connectivity index (χ3n) is 4.12. The predicted octanol–water partition coefficient (Wildman–Crippen LogP) is -1.46. The first-order valence-electron chi connectivity index (χ1n) is 6.89. The Morgan fingerprint density at radius 2 is 2.09 bits per heavy atom. The zero-order valence-electron chi connectivity index (χ0n) is 11.5. The summed E-state index contributed by atoms with van der Waals surface area (Å²) in [5, 5.41) is 29.3. The number of aromatic nitrogens is 2. The molecule has 8 heteroatoms. The van der Waals surface area contributed by atoms with Crippen molar-refractivity contribution in [2.24, 2.45) is 5.92 Å². The molecule has 3 rings (SSSR count). The van der Waals surface area contributed by atoms with E-state index in [2.05, 4.69) is 4.98 Å². The normalized spacial score (nSPS) is 28.1. The summed E-state index contributed by atoms with van der Waals surface area (Å²) >= 11 is 0.0384. The molecule has 2 aromatic heterocycles. The molecule has 0 bridgehead atoms. The fourth-order valence-corrected chi connectivity index (χ4v) is 4.43. The third kappa shape index (κ3) is 2.53. The summed E-state index contributed by atoms with van der Waals surface area (Å²) in [5.41, 5.74) is -0.675. The molecule has 4 atom stereocenters. The van der Waals surface area contributed by atoms with E-state index in [1.807, 2.05) is 17.1 Å². The first-order chi connectivity index (χ1) is 10.5. The zero-order valence-corrected chi connectivity index (χ0v) is 13.3. The molecule has 2 heterocycles. The maximum absolute atomic E-state index is 12.1. The number of aromatic amines is 1. The minimum atomic E-state index is -1.16. The van der Waals surface area contributed by atoms with E-state index in [9.17, 15) is 24.9 Å². The Morgan fingerprint density at radius 3 is 2.68 bits per heavy atom. The van der Waals surface area contributed by atoms with Crippen molar-refractivity contribution in [2.45, 2.75) is 24.7 Å². The first-order valence-corrected chi connectivity index (χ1v) is 8.74. The molecule has 0 radical (unpaired) electrons. The summed E-state index contributed by atoms with van der Waals surface area (Å²) in [6.07, 6.45) is -0.530. The van der Waals surface area contributed by atoms with E-state index in [0.717, 1.165) is 4.44 Å². The fraction of sp³-hybridized carbons (Fsp3) is 0.429. The standard InChI is InChI=1S/C14H16N2O5Se/c17-6-7-4-9(12(19)11(7)18)16-5-8(10-2-1-3-22-10)13(20)15-14(16)21/h1-3,5,7,9,11-12,17-19H,4,6H2,(H,15,20,21)/t7-,9-,11-,12+/m1/s1. The summed E-state index contributed by atoms with van der Waals surface area (Å²) in [5.74, 6) is -0.487. The Bertz CT molecular complexity index is 766. The number of hydrogen-bond acceptors (Lipinski definition) is 5. The van der Waals surface area contributed by atoms with E-state index in [0.29, 0.717) is 5.56 Å². The maximum atomic E-state index is 12.1. The Hall–Kier alpha value is -1.44. The van der Waals surface area contributed by atoms with Crippen molar-refractivity contribution in [1.29, 1.82) is 0 Å². The van der Waals surface area contributed by atoms with Crippen LogP contribution in [0.4, 0.5) is 0 Å². The SMILES string of the molecule is O=c1[nH]c(=O)n([C@@H]2C[C@H](CO)[C@@H](O)[C@H]2O)cc1-c1ccc[se]1. The Morgan fingerprint density at radius 1 is 1.32 bits per heavy atom. The van der Waals surface area contributed by atoms with Gasteiger partial charge in [-0.25, -0.2) is 0 Å². The van der Waals surface area contributed by atoms with Gasteiger partial charge in [0.15, 0.2) is 0 Å². The van der Waals surface area contributed by atoms with Crippen LogP contribution in [0.5, 0.6) is 0 Å². The molecular formula is C14H16N2O5Se. The van der Waals surface area contributed by atoms with E-state index in [1.54, 1.807) is 0 Å². The summed E-state index contributed by atoms with van der Waals surface area (Å²) in [6.45, 7) is -0.266. The van der Waals surface area contributed by atoms with Gasteiger partial charge in [-0.1, -0.05) is 0 Å². The van der Waals surface area contributed by atoms with Crippen LogP contribution in [0, 0.1) is 5.92 Å². The molecule has 2 aromatic rings. The van der Waals surface area contributed by atoms with Crippen LogP contribution in [0.15, 0.2) is 32.9 Å². The van der Waals surface area contributed by atoms with Crippen LogP contribution in [0.25, 0.3) is 10.0 Å². The molecule has 0 aliphatic heterocycles. The van der Waals surface area contributed by atoms with Crippen LogP contribution >= 0.6 is 0 Å². The van der Waals surface area contributed by atoms with Gasteiger partial charge in [0.1, 0.15) is 0 Å². The monoisotopic (exact) mass is 372 g/mol. The Labute approximate surface area is 131 Å². The molecule has 7 nitrogen and oxygen atoms in total. The molecule has 0 saturated heterocycles. The van der Waals surface area contributed by atoms with Crippen LogP contribution in [0.2, 0.25) is 0 Å². The summed E-state index contributed by atoms with van der Waals surface area (Å²) in [7, 11) is 0. The average Bonchev–Trinajstić information content (AvgIpc) is 3.10. The number of rotatable bonds is 3. The van der Waals surface area contributed by atoms with Crippen LogP contribution in [-0.2, 0) is 0 Å².